The van der Waals surface area contributed by atoms with E-state index in [1.165, 1.54) is 12.4 Å². The van der Waals surface area contributed by atoms with Crippen molar-refractivity contribution in [3.05, 3.63) is 42.2 Å². The normalized spacial score (nSPS) is 23.2. The summed E-state index contributed by atoms with van der Waals surface area (Å²) >= 11 is 0. The molecule has 0 spiro atoms. The molecule has 3 unspecified atom stereocenters. The second-order valence-electron chi connectivity index (χ2n) is 8.29. The Balaban J connectivity index is 1.36. The van der Waals surface area contributed by atoms with Crippen LogP contribution in [-0.2, 0) is 21.2 Å². The number of fused-ring (bicyclic) bond motifs is 1. The highest BCUT2D eigenvalue weighted by atomic mass is 32.2. The van der Waals surface area contributed by atoms with Gasteiger partial charge in [-0.2, -0.15) is 0 Å². The van der Waals surface area contributed by atoms with E-state index in [9.17, 15) is 13.2 Å². The molecule has 4 rings (SSSR count). The number of piperidine rings is 1. The van der Waals surface area contributed by atoms with Gasteiger partial charge in [-0.05, 0) is 49.5 Å². The van der Waals surface area contributed by atoms with Crippen LogP contribution in [0.15, 0.2) is 46.5 Å². The monoisotopic (exact) mass is 444 g/mol. The van der Waals surface area contributed by atoms with Crippen molar-refractivity contribution in [1.29, 1.82) is 0 Å². The predicted octanol–water partition coefficient (Wildman–Crippen LogP) is 0.332. The topological polar surface area (TPSA) is 116 Å². The van der Waals surface area contributed by atoms with Crippen LogP contribution in [0, 0.1) is 5.92 Å². The lowest BCUT2D eigenvalue weighted by atomic mass is 9.94. The van der Waals surface area contributed by atoms with E-state index in [0.717, 1.165) is 31.5 Å². The van der Waals surface area contributed by atoms with E-state index in [2.05, 4.69) is 25.9 Å². The van der Waals surface area contributed by atoms with Crippen molar-refractivity contribution in [2.75, 3.05) is 32.1 Å². The van der Waals surface area contributed by atoms with Gasteiger partial charge in [-0.25, -0.2) is 18.4 Å². The van der Waals surface area contributed by atoms with Crippen molar-refractivity contribution in [2.24, 2.45) is 5.92 Å². The fraction of sp³-hybridized carbons (Fsp3) is 0.476. The van der Waals surface area contributed by atoms with Gasteiger partial charge in [-0.15, -0.1) is 0 Å². The lowest BCUT2D eigenvalue weighted by molar-refractivity contribution is -0.123. The van der Waals surface area contributed by atoms with Crippen LogP contribution in [0.4, 0.5) is 5.95 Å². The first-order valence-electron chi connectivity index (χ1n) is 10.4. The quantitative estimate of drug-likeness (QED) is 0.584. The number of aromatic nitrogens is 2. The van der Waals surface area contributed by atoms with Crippen LogP contribution in [0.1, 0.15) is 18.4 Å². The maximum atomic E-state index is 12.8. The second kappa shape index (κ2) is 8.89. The third-order valence-electron chi connectivity index (χ3n) is 5.90. The third-order valence-corrected chi connectivity index (χ3v) is 7.63. The zero-order chi connectivity index (χ0) is 22.0. The molecule has 0 aliphatic carbocycles. The summed E-state index contributed by atoms with van der Waals surface area (Å²) in [4.78, 5) is 22.6. The van der Waals surface area contributed by atoms with Gasteiger partial charge in [0.25, 0.3) is 0 Å². The van der Waals surface area contributed by atoms with Crippen molar-refractivity contribution < 1.29 is 13.2 Å². The summed E-state index contributed by atoms with van der Waals surface area (Å²) in [6, 6.07) is 6.77. The van der Waals surface area contributed by atoms with E-state index in [1.54, 1.807) is 43.3 Å². The van der Waals surface area contributed by atoms with Gasteiger partial charge in [0.15, 0.2) is 0 Å². The molecule has 0 saturated carbocycles. The van der Waals surface area contributed by atoms with E-state index in [0.29, 0.717) is 24.5 Å². The van der Waals surface area contributed by atoms with Gasteiger partial charge in [0.05, 0.1) is 23.3 Å². The second-order valence-corrected chi connectivity index (χ2v) is 10.2. The number of nitrogens with one attached hydrogen (secondary N) is 3. The molecule has 2 aromatic rings. The first kappa shape index (κ1) is 21.7. The minimum atomic E-state index is -3.70. The van der Waals surface area contributed by atoms with Gasteiger partial charge in [0.2, 0.25) is 21.7 Å². The van der Waals surface area contributed by atoms with E-state index in [-0.39, 0.29) is 21.7 Å². The number of sulfone groups is 1. The molecule has 9 nitrogen and oxygen atoms in total. The van der Waals surface area contributed by atoms with E-state index in [4.69, 9.17) is 0 Å². The highest BCUT2D eigenvalue weighted by Gasteiger charge is 2.38. The van der Waals surface area contributed by atoms with Crippen LogP contribution in [0.5, 0.6) is 0 Å². The molecule has 0 bridgehead atoms. The summed E-state index contributed by atoms with van der Waals surface area (Å²) in [5, 5.41) is 9.78. The summed E-state index contributed by atoms with van der Waals surface area (Å²) < 4.78 is 25.6. The average Bonchev–Trinajstić information content (AvgIpc) is 3.22. The number of hydrogen-bond donors (Lipinski definition) is 3. The van der Waals surface area contributed by atoms with Crippen molar-refractivity contribution in [2.45, 2.75) is 41.3 Å². The fourth-order valence-electron chi connectivity index (χ4n) is 4.12. The summed E-state index contributed by atoms with van der Waals surface area (Å²) in [6.07, 6.45) is 4.52. The van der Waals surface area contributed by atoms with E-state index in [1.807, 2.05) is 0 Å². The minimum Gasteiger partial charge on any atom is -0.351 e. The molecule has 10 heteroatoms. The van der Waals surface area contributed by atoms with Crippen molar-refractivity contribution in [1.82, 2.24) is 25.9 Å². The zero-order valence-corrected chi connectivity index (χ0v) is 18.5. The summed E-state index contributed by atoms with van der Waals surface area (Å²) in [7, 11) is -0.130. The van der Waals surface area contributed by atoms with Crippen LogP contribution < -0.4 is 20.9 Å². The van der Waals surface area contributed by atoms with Gasteiger partial charge in [-0.1, -0.05) is 12.1 Å². The molecule has 3 N–H and O–H groups in total. The Kier molecular flexibility index (Phi) is 6.22. The fourth-order valence-corrected chi connectivity index (χ4v) is 5.27. The predicted molar refractivity (Wildman–Crippen MR) is 116 cm³/mol. The number of rotatable bonds is 6. The highest BCUT2D eigenvalue weighted by Crippen LogP contribution is 2.25. The first-order chi connectivity index (χ1) is 14.8. The van der Waals surface area contributed by atoms with E-state index >= 15 is 0 Å². The van der Waals surface area contributed by atoms with Gasteiger partial charge in [0, 0.05) is 26.7 Å². The molecule has 2 saturated heterocycles. The van der Waals surface area contributed by atoms with Gasteiger partial charge < -0.3 is 20.9 Å². The number of nitrogens with zero attached hydrogens (tertiary/aromatic N) is 3. The number of amides is 1. The van der Waals surface area contributed by atoms with Crippen molar-refractivity contribution >= 4 is 21.7 Å². The Morgan fingerprint density at radius 3 is 2.52 bits per heavy atom. The molecule has 0 radical (unpaired) electrons. The SMILES string of the molecule is CN(C)c1ncc(S(=O)(=O)c2ccc(CNC(=O)C3CC4CNCCC4N3)cc2)cn1. The maximum Gasteiger partial charge on any atom is 0.237 e. The number of carbonyl (C=O) groups is 1. The Morgan fingerprint density at radius 1 is 1.16 bits per heavy atom. The smallest absolute Gasteiger partial charge is 0.237 e. The number of hydrogen-bond acceptors (Lipinski definition) is 8. The molecule has 166 valence electrons. The van der Waals surface area contributed by atoms with Crippen LogP contribution in [0.3, 0.4) is 0 Å². The lowest BCUT2D eigenvalue weighted by Crippen LogP contribution is -2.45. The maximum absolute atomic E-state index is 12.8. The van der Waals surface area contributed by atoms with Crippen LogP contribution in [0.2, 0.25) is 0 Å². The Bertz CT molecular complexity index is 1010. The summed E-state index contributed by atoms with van der Waals surface area (Å²) in [6.45, 7) is 2.30. The van der Waals surface area contributed by atoms with Crippen LogP contribution in [0.25, 0.3) is 0 Å². The van der Waals surface area contributed by atoms with Crippen molar-refractivity contribution in [3.8, 4) is 0 Å². The van der Waals surface area contributed by atoms with Gasteiger partial charge >= 0.3 is 0 Å². The molecule has 31 heavy (non-hydrogen) atoms. The van der Waals surface area contributed by atoms with Crippen LogP contribution >= 0.6 is 0 Å². The minimum absolute atomic E-state index is 0.00997. The Hall–Kier alpha value is -2.56. The molecule has 1 aromatic heterocycles. The molecule has 3 atom stereocenters. The number of carbonyl (C=O) groups excluding carboxylic acids is 1. The number of benzene rings is 1. The molecular weight excluding hydrogens is 416 g/mol. The molecule has 1 aromatic carbocycles. The molecule has 3 heterocycles. The molecule has 2 aliphatic rings. The Labute approximate surface area is 182 Å². The Morgan fingerprint density at radius 2 is 1.87 bits per heavy atom. The first-order valence-corrected chi connectivity index (χ1v) is 11.9. The largest absolute Gasteiger partial charge is 0.351 e. The molecule has 2 fully saturated rings. The zero-order valence-electron chi connectivity index (χ0n) is 17.7. The summed E-state index contributed by atoms with van der Waals surface area (Å²) in [5.41, 5.74) is 0.837. The van der Waals surface area contributed by atoms with Crippen molar-refractivity contribution in [3.63, 3.8) is 0 Å². The average molecular weight is 445 g/mol. The van der Waals surface area contributed by atoms with Gasteiger partial charge in [-0.3, -0.25) is 4.79 Å². The molecule has 1 amide bonds. The third kappa shape index (κ3) is 4.70. The highest BCUT2D eigenvalue weighted by molar-refractivity contribution is 7.91. The lowest BCUT2D eigenvalue weighted by Gasteiger charge is -2.25. The van der Waals surface area contributed by atoms with Crippen LogP contribution in [-0.4, -0.2) is 63.6 Å². The standard InChI is InChI=1S/C21H28N6O3S/c1-27(2)21-24-12-17(13-25-21)31(29,30)16-5-3-14(4-6-16)10-23-20(28)19-9-15-11-22-8-7-18(15)26-19/h3-6,12-13,15,18-19,22,26H,7-11H2,1-2H3,(H,23,28). The molecular formula is C21H28N6O3S. The summed E-state index contributed by atoms with van der Waals surface area (Å²) in [5.74, 6) is 0.936. The van der Waals surface area contributed by atoms with Gasteiger partial charge in [0.1, 0.15) is 4.90 Å². The molecule has 2 aliphatic heterocycles. The van der Waals surface area contributed by atoms with E-state index < -0.39 is 9.84 Å². The number of anilines is 1.